The first-order chi connectivity index (χ1) is 10.8. The maximum absolute atomic E-state index is 5.85. The van der Waals surface area contributed by atoms with Gasteiger partial charge in [0.15, 0.2) is 0 Å². The highest BCUT2D eigenvalue weighted by molar-refractivity contribution is 7.11. The second-order valence-corrected chi connectivity index (χ2v) is 8.14. The molecule has 0 amide bonds. The molecule has 0 bridgehead atoms. The van der Waals surface area contributed by atoms with Crippen LogP contribution in [-0.4, -0.2) is 49.2 Å². The Morgan fingerprint density at radius 1 is 1.14 bits per heavy atom. The normalized spacial score (nSPS) is 24.0. The zero-order chi connectivity index (χ0) is 15.2. The topological polar surface area (TPSA) is 15.7 Å². The van der Waals surface area contributed by atoms with Crippen molar-refractivity contribution in [3.8, 4) is 0 Å². The van der Waals surface area contributed by atoms with Crippen LogP contribution in [-0.2, 0) is 17.8 Å². The average Bonchev–Trinajstić information content (AvgIpc) is 2.96. The third kappa shape index (κ3) is 5.05. The van der Waals surface area contributed by atoms with Gasteiger partial charge in [0, 0.05) is 36.0 Å². The van der Waals surface area contributed by atoms with E-state index < -0.39 is 0 Å². The minimum Gasteiger partial charge on any atom is -0.377 e. The molecule has 124 valence electrons. The molecule has 22 heavy (non-hydrogen) atoms. The Labute approximate surface area is 139 Å². The first-order valence-electron chi connectivity index (χ1n) is 8.90. The number of nitrogens with zero attached hydrogens (tertiary/aromatic N) is 2. The van der Waals surface area contributed by atoms with Crippen LogP contribution in [0.15, 0.2) is 12.1 Å². The van der Waals surface area contributed by atoms with Crippen LogP contribution < -0.4 is 0 Å². The van der Waals surface area contributed by atoms with E-state index in [1.54, 1.807) is 0 Å². The summed E-state index contributed by atoms with van der Waals surface area (Å²) in [6, 6.07) is 4.65. The largest absolute Gasteiger partial charge is 0.377 e. The molecule has 0 aliphatic carbocycles. The number of piperidine rings is 1. The van der Waals surface area contributed by atoms with Gasteiger partial charge in [-0.1, -0.05) is 6.42 Å². The van der Waals surface area contributed by atoms with E-state index in [1.165, 1.54) is 61.4 Å². The molecule has 0 saturated carbocycles. The van der Waals surface area contributed by atoms with E-state index in [9.17, 15) is 0 Å². The Kier molecular flexibility index (Phi) is 6.30. The second kappa shape index (κ2) is 8.44. The zero-order valence-electron chi connectivity index (χ0n) is 13.9. The highest BCUT2D eigenvalue weighted by Crippen LogP contribution is 2.22. The first-order valence-corrected chi connectivity index (χ1v) is 9.71. The summed E-state index contributed by atoms with van der Waals surface area (Å²) >= 11 is 1.99. The van der Waals surface area contributed by atoms with Gasteiger partial charge in [0.05, 0.1) is 6.10 Å². The predicted molar refractivity (Wildman–Crippen MR) is 93.4 cm³/mol. The van der Waals surface area contributed by atoms with Crippen LogP contribution in [0.1, 0.15) is 48.3 Å². The molecule has 2 fully saturated rings. The van der Waals surface area contributed by atoms with E-state index in [2.05, 4.69) is 29.0 Å². The lowest BCUT2D eigenvalue weighted by molar-refractivity contribution is -0.00245. The molecule has 4 heteroatoms. The van der Waals surface area contributed by atoms with Gasteiger partial charge < -0.3 is 4.74 Å². The molecule has 0 aromatic carbocycles. The highest BCUT2D eigenvalue weighted by atomic mass is 32.1. The van der Waals surface area contributed by atoms with E-state index >= 15 is 0 Å². The predicted octanol–water partition coefficient (Wildman–Crippen LogP) is 3.73. The van der Waals surface area contributed by atoms with E-state index in [0.717, 1.165) is 26.2 Å². The number of thiophene rings is 1. The summed E-state index contributed by atoms with van der Waals surface area (Å²) in [5, 5.41) is 0. The third-order valence-electron chi connectivity index (χ3n) is 4.76. The van der Waals surface area contributed by atoms with Crippen molar-refractivity contribution in [1.82, 2.24) is 9.80 Å². The lowest BCUT2D eigenvalue weighted by atomic mass is 10.1. The van der Waals surface area contributed by atoms with Gasteiger partial charge >= 0.3 is 0 Å². The summed E-state index contributed by atoms with van der Waals surface area (Å²) in [6.45, 7) is 6.81. The SMILES string of the molecule is CN(Cc1ccc(CN2CCCCC2)s1)C[C@@H]1CCCCO1. The Hall–Kier alpha value is -0.420. The molecule has 3 heterocycles. The zero-order valence-corrected chi connectivity index (χ0v) is 14.7. The molecule has 0 unspecified atom stereocenters. The summed E-state index contributed by atoms with van der Waals surface area (Å²) < 4.78 is 5.85. The molecule has 2 aliphatic heterocycles. The van der Waals surface area contributed by atoms with Gasteiger partial charge in [0.25, 0.3) is 0 Å². The van der Waals surface area contributed by atoms with Gasteiger partial charge in [-0.25, -0.2) is 0 Å². The Bertz CT molecular complexity index is 436. The van der Waals surface area contributed by atoms with Crippen LogP contribution in [0.2, 0.25) is 0 Å². The van der Waals surface area contributed by atoms with E-state index in [4.69, 9.17) is 4.74 Å². The molecule has 3 rings (SSSR count). The van der Waals surface area contributed by atoms with Crippen LogP contribution in [0.25, 0.3) is 0 Å². The van der Waals surface area contributed by atoms with Gasteiger partial charge in [0.1, 0.15) is 0 Å². The number of rotatable bonds is 6. The third-order valence-corrected chi connectivity index (χ3v) is 5.82. The number of hydrogen-bond acceptors (Lipinski definition) is 4. The van der Waals surface area contributed by atoms with Crippen molar-refractivity contribution in [1.29, 1.82) is 0 Å². The van der Waals surface area contributed by atoms with Crippen molar-refractivity contribution in [3.05, 3.63) is 21.9 Å². The Morgan fingerprint density at radius 3 is 2.73 bits per heavy atom. The fraction of sp³-hybridized carbons (Fsp3) is 0.778. The van der Waals surface area contributed by atoms with E-state index in [0.29, 0.717) is 6.10 Å². The van der Waals surface area contributed by atoms with Gasteiger partial charge in [0.2, 0.25) is 0 Å². The van der Waals surface area contributed by atoms with Crippen molar-refractivity contribution in [3.63, 3.8) is 0 Å². The van der Waals surface area contributed by atoms with E-state index in [1.807, 2.05) is 11.3 Å². The summed E-state index contributed by atoms with van der Waals surface area (Å²) in [7, 11) is 2.22. The summed E-state index contributed by atoms with van der Waals surface area (Å²) in [5.41, 5.74) is 0. The van der Waals surface area contributed by atoms with Crippen LogP contribution in [0, 0.1) is 0 Å². The van der Waals surface area contributed by atoms with Crippen molar-refractivity contribution in [2.45, 2.75) is 57.7 Å². The Morgan fingerprint density at radius 2 is 1.95 bits per heavy atom. The quantitative estimate of drug-likeness (QED) is 0.793. The molecule has 0 spiro atoms. The molecule has 2 aliphatic rings. The van der Waals surface area contributed by atoms with Crippen molar-refractivity contribution < 1.29 is 4.74 Å². The number of likely N-dealkylation sites (N-methyl/N-ethyl adjacent to an activating group) is 1. The summed E-state index contributed by atoms with van der Waals surface area (Å²) in [5.74, 6) is 0. The van der Waals surface area contributed by atoms with Gasteiger partial charge in [-0.2, -0.15) is 0 Å². The smallest absolute Gasteiger partial charge is 0.0702 e. The molecular formula is C18H30N2OS. The molecule has 0 N–H and O–H groups in total. The number of likely N-dealkylation sites (tertiary alicyclic amines) is 1. The van der Waals surface area contributed by atoms with Crippen LogP contribution >= 0.6 is 11.3 Å². The minimum absolute atomic E-state index is 0.450. The van der Waals surface area contributed by atoms with Gasteiger partial charge in [-0.3, -0.25) is 9.80 Å². The highest BCUT2D eigenvalue weighted by Gasteiger charge is 2.17. The van der Waals surface area contributed by atoms with Crippen molar-refractivity contribution in [2.24, 2.45) is 0 Å². The lowest BCUT2D eigenvalue weighted by Crippen LogP contribution is -2.32. The standard InChI is InChI=1S/C18H30N2OS/c1-19(13-16-7-3-6-12-21-16)14-17-8-9-18(22-17)15-20-10-4-2-5-11-20/h8-9,16H,2-7,10-15H2,1H3/t16-/m0/s1. The molecule has 2 saturated heterocycles. The molecule has 1 aromatic heterocycles. The maximum Gasteiger partial charge on any atom is 0.0702 e. The summed E-state index contributed by atoms with van der Waals surface area (Å²) in [6.07, 6.45) is 8.43. The van der Waals surface area contributed by atoms with Crippen molar-refractivity contribution in [2.75, 3.05) is 33.3 Å². The molecule has 1 aromatic rings. The maximum atomic E-state index is 5.85. The van der Waals surface area contributed by atoms with Crippen LogP contribution in [0.4, 0.5) is 0 Å². The van der Waals surface area contributed by atoms with Crippen LogP contribution in [0.5, 0.6) is 0 Å². The Balaban J connectivity index is 1.44. The molecular weight excluding hydrogens is 292 g/mol. The average molecular weight is 323 g/mol. The van der Waals surface area contributed by atoms with Gasteiger partial charge in [-0.15, -0.1) is 11.3 Å². The van der Waals surface area contributed by atoms with Crippen molar-refractivity contribution >= 4 is 11.3 Å². The molecule has 3 nitrogen and oxygen atoms in total. The number of hydrogen-bond donors (Lipinski definition) is 0. The summed E-state index contributed by atoms with van der Waals surface area (Å²) in [4.78, 5) is 8.05. The number of ether oxygens (including phenoxy) is 1. The molecule has 0 radical (unpaired) electrons. The first kappa shape index (κ1) is 16.4. The lowest BCUT2D eigenvalue weighted by Gasteiger charge is -2.27. The fourth-order valence-electron chi connectivity index (χ4n) is 3.56. The minimum atomic E-state index is 0.450. The van der Waals surface area contributed by atoms with Crippen LogP contribution in [0.3, 0.4) is 0 Å². The monoisotopic (exact) mass is 322 g/mol. The van der Waals surface area contributed by atoms with E-state index in [-0.39, 0.29) is 0 Å². The fourth-order valence-corrected chi connectivity index (χ4v) is 4.70. The second-order valence-electron chi connectivity index (χ2n) is 6.89. The van der Waals surface area contributed by atoms with Gasteiger partial charge in [-0.05, 0) is 64.4 Å². The molecule has 1 atom stereocenters.